The molecule has 0 bridgehead atoms. The number of nitrogens with zero attached hydrogens (tertiary/aromatic N) is 2. The first-order valence-electron chi connectivity index (χ1n) is 19.0. The molecule has 0 amide bonds. The van der Waals surface area contributed by atoms with Gasteiger partial charge in [-0.3, -0.25) is 0 Å². The van der Waals surface area contributed by atoms with Crippen LogP contribution in [-0.2, 0) is 13.1 Å². The lowest BCUT2D eigenvalue weighted by atomic mass is 10.0. The lowest BCUT2D eigenvalue weighted by Gasteiger charge is -2.07. The molecule has 240 valence electrons. The second-order valence-corrected chi connectivity index (χ2v) is 13.2. The number of imidazole rings is 1. The highest BCUT2D eigenvalue weighted by Crippen LogP contribution is 2.19. The largest absolute Gasteiger partial charge is 0.288 e. The molecule has 0 aliphatic rings. The van der Waals surface area contributed by atoms with Crippen LogP contribution in [0, 0.1) is 0 Å². The Labute approximate surface area is 263 Å². The van der Waals surface area contributed by atoms with E-state index in [4.69, 9.17) is 0 Å². The summed E-state index contributed by atoms with van der Waals surface area (Å²) >= 11 is 0. The predicted octanol–water partition coefficient (Wildman–Crippen LogP) is 13.0. The highest BCUT2D eigenvalue weighted by atomic mass is 15.1. The number of aromatic nitrogens is 2. The number of aryl methyl sites for hydroxylation is 2. The molecule has 2 nitrogen and oxygen atoms in total. The molecule has 1 aromatic heterocycles. The minimum absolute atomic E-state index is 1.15. The van der Waals surface area contributed by atoms with E-state index in [-0.39, 0.29) is 0 Å². The zero-order valence-corrected chi connectivity index (χ0v) is 28.4. The molecule has 2 rings (SSSR count). The summed E-state index contributed by atoms with van der Waals surface area (Å²) in [6.45, 7) is 6.90. The second kappa shape index (κ2) is 27.0. The first-order chi connectivity index (χ1) is 20.9. The van der Waals surface area contributed by atoms with Gasteiger partial charge in [0.15, 0.2) is 0 Å². The van der Waals surface area contributed by atoms with Gasteiger partial charge in [-0.25, -0.2) is 9.13 Å². The smallest absolute Gasteiger partial charge is 0.230 e. The van der Waals surface area contributed by atoms with Gasteiger partial charge in [0.1, 0.15) is 12.4 Å². The Balaban J connectivity index is 1.55. The fraction of sp³-hybridized carbons (Fsp3) is 0.775. The summed E-state index contributed by atoms with van der Waals surface area (Å²) in [5.41, 5.74) is 1.36. The van der Waals surface area contributed by atoms with Crippen molar-refractivity contribution in [3.63, 3.8) is 0 Å². The number of benzene rings is 1. The molecule has 1 heterocycles. The van der Waals surface area contributed by atoms with Gasteiger partial charge in [0, 0.05) is 0 Å². The highest BCUT2D eigenvalue weighted by Gasteiger charge is 2.18. The molecule has 42 heavy (non-hydrogen) atoms. The summed E-state index contributed by atoms with van der Waals surface area (Å²) in [5.74, 6) is 1.41. The molecule has 0 N–H and O–H groups in total. The van der Waals surface area contributed by atoms with Crippen molar-refractivity contribution in [2.45, 2.75) is 200 Å². The van der Waals surface area contributed by atoms with E-state index in [1.807, 2.05) is 0 Å². The molecule has 0 radical (unpaired) electrons. The van der Waals surface area contributed by atoms with Crippen molar-refractivity contribution >= 4 is 0 Å². The van der Waals surface area contributed by atoms with E-state index >= 15 is 0 Å². The van der Waals surface area contributed by atoms with Crippen LogP contribution in [0.4, 0.5) is 0 Å². The maximum atomic E-state index is 2.53. The maximum Gasteiger partial charge on any atom is 0.288 e. The predicted molar refractivity (Wildman–Crippen MR) is 186 cm³/mol. The minimum Gasteiger partial charge on any atom is -0.230 e. The van der Waals surface area contributed by atoms with Crippen LogP contribution in [0.2, 0.25) is 0 Å². The van der Waals surface area contributed by atoms with Crippen molar-refractivity contribution in [2.24, 2.45) is 0 Å². The quantitative estimate of drug-likeness (QED) is 0.0643. The van der Waals surface area contributed by atoms with Crippen LogP contribution < -0.4 is 4.57 Å². The lowest BCUT2D eigenvalue weighted by Crippen LogP contribution is -2.34. The van der Waals surface area contributed by atoms with Crippen LogP contribution in [0.25, 0.3) is 11.4 Å². The van der Waals surface area contributed by atoms with Crippen LogP contribution in [0.1, 0.15) is 187 Å². The van der Waals surface area contributed by atoms with Crippen LogP contribution >= 0.6 is 0 Å². The van der Waals surface area contributed by atoms with E-state index in [0.717, 1.165) is 13.1 Å². The Morgan fingerprint density at radius 1 is 0.452 bits per heavy atom. The third-order valence-electron chi connectivity index (χ3n) is 9.26. The molecule has 0 unspecified atom stereocenters. The average Bonchev–Trinajstić information content (AvgIpc) is 3.42. The van der Waals surface area contributed by atoms with Crippen LogP contribution in [0.5, 0.6) is 0 Å². The Kier molecular flexibility index (Phi) is 23.6. The molecular formula is C40H71N2+. The number of rotatable bonds is 30. The van der Waals surface area contributed by atoms with Gasteiger partial charge in [-0.05, 0) is 37.8 Å². The van der Waals surface area contributed by atoms with Crippen molar-refractivity contribution in [1.82, 2.24) is 4.57 Å². The molecule has 0 saturated carbocycles. The fourth-order valence-corrected chi connectivity index (χ4v) is 6.52. The molecule has 0 aliphatic carbocycles. The maximum absolute atomic E-state index is 2.53. The molecule has 2 aromatic rings. The van der Waals surface area contributed by atoms with Gasteiger partial charge < -0.3 is 0 Å². The van der Waals surface area contributed by atoms with E-state index in [0.29, 0.717) is 0 Å². The van der Waals surface area contributed by atoms with Gasteiger partial charge in [-0.2, -0.15) is 0 Å². The Morgan fingerprint density at radius 3 is 1.26 bits per heavy atom. The molecule has 0 fully saturated rings. The zero-order valence-electron chi connectivity index (χ0n) is 28.4. The van der Waals surface area contributed by atoms with E-state index in [9.17, 15) is 0 Å². The summed E-state index contributed by atoms with van der Waals surface area (Å²) in [4.78, 5) is 0. The molecule has 0 atom stereocenters. The standard InChI is InChI=1S/C40H71N2/c1-3-5-7-9-11-13-15-16-17-18-19-21-23-25-27-32-36-42-38-37-41(40(42)39-33-29-28-30-34-39)35-31-26-24-22-20-14-12-10-8-6-4-2/h28-30,33-34,37-38H,3-27,31-32,35-36H2,1-2H3/q+1. The Hall–Kier alpha value is -1.57. The van der Waals surface area contributed by atoms with E-state index in [1.54, 1.807) is 0 Å². The van der Waals surface area contributed by atoms with Gasteiger partial charge >= 0.3 is 0 Å². The monoisotopic (exact) mass is 580 g/mol. The Morgan fingerprint density at radius 2 is 0.833 bits per heavy atom. The SMILES string of the molecule is CCCCCCCCCCCCCCCCCCn1cc[n+](CCCCCCCCCCCCC)c1-c1ccccc1. The fourth-order valence-electron chi connectivity index (χ4n) is 6.52. The van der Waals surface area contributed by atoms with Gasteiger partial charge in [0.05, 0.1) is 18.7 Å². The topological polar surface area (TPSA) is 8.81 Å². The third-order valence-corrected chi connectivity index (χ3v) is 9.26. The molecule has 0 spiro atoms. The normalized spacial score (nSPS) is 11.5. The second-order valence-electron chi connectivity index (χ2n) is 13.2. The van der Waals surface area contributed by atoms with Crippen molar-refractivity contribution in [3.05, 3.63) is 42.7 Å². The lowest BCUT2D eigenvalue weighted by molar-refractivity contribution is -0.686. The van der Waals surface area contributed by atoms with Crippen LogP contribution in [0.15, 0.2) is 42.7 Å². The molecule has 2 heteroatoms. The number of unbranched alkanes of at least 4 members (excludes halogenated alkanes) is 25. The zero-order chi connectivity index (χ0) is 29.8. The van der Waals surface area contributed by atoms with Gasteiger partial charge in [-0.1, -0.05) is 180 Å². The summed E-state index contributed by atoms with van der Waals surface area (Å²) < 4.78 is 5.05. The van der Waals surface area contributed by atoms with Crippen molar-refractivity contribution in [1.29, 1.82) is 0 Å². The van der Waals surface area contributed by atoms with Crippen molar-refractivity contribution < 1.29 is 4.57 Å². The first-order valence-corrected chi connectivity index (χ1v) is 19.0. The highest BCUT2D eigenvalue weighted by molar-refractivity contribution is 5.52. The van der Waals surface area contributed by atoms with E-state index in [2.05, 4.69) is 65.7 Å². The van der Waals surface area contributed by atoms with Crippen LogP contribution in [0.3, 0.4) is 0 Å². The third kappa shape index (κ3) is 18.2. The summed E-state index contributed by atoms with van der Waals surface area (Å²) in [5, 5.41) is 0. The first kappa shape index (κ1) is 36.6. The average molecular weight is 580 g/mol. The summed E-state index contributed by atoms with van der Waals surface area (Å²) in [6, 6.07) is 11.1. The van der Waals surface area contributed by atoms with Crippen molar-refractivity contribution in [3.8, 4) is 11.4 Å². The number of hydrogen-bond acceptors (Lipinski definition) is 0. The van der Waals surface area contributed by atoms with Crippen LogP contribution in [-0.4, -0.2) is 4.57 Å². The minimum atomic E-state index is 1.15. The van der Waals surface area contributed by atoms with Gasteiger partial charge in [0.2, 0.25) is 0 Å². The molecular weight excluding hydrogens is 508 g/mol. The summed E-state index contributed by atoms with van der Waals surface area (Å²) in [6.07, 6.45) is 43.0. The van der Waals surface area contributed by atoms with E-state index in [1.165, 1.54) is 185 Å². The number of hydrogen-bond donors (Lipinski definition) is 0. The van der Waals surface area contributed by atoms with Gasteiger partial charge in [-0.15, -0.1) is 0 Å². The molecule has 0 saturated heterocycles. The van der Waals surface area contributed by atoms with Gasteiger partial charge in [0.25, 0.3) is 5.82 Å². The Bertz CT molecular complexity index is 823. The van der Waals surface area contributed by atoms with E-state index < -0.39 is 0 Å². The van der Waals surface area contributed by atoms with Crippen molar-refractivity contribution in [2.75, 3.05) is 0 Å². The molecule has 0 aliphatic heterocycles. The molecule has 1 aromatic carbocycles. The summed E-state index contributed by atoms with van der Waals surface area (Å²) in [7, 11) is 0.